The van der Waals surface area contributed by atoms with E-state index in [0.717, 1.165) is 11.1 Å². The molecule has 110 valence electrons. The second kappa shape index (κ2) is 6.44. The number of aliphatic carboxylic acids is 1. The van der Waals surface area contributed by atoms with Gasteiger partial charge in [0.1, 0.15) is 5.75 Å². The fourth-order valence-electron chi connectivity index (χ4n) is 2.12. The standard InChI is InChI=1S/C18H20O3/c1-12(2)15-10-9-13(3)16(11-15)21-17(18(19)20)14-7-5-4-6-8-14/h4-12,17H,1-3H3,(H,19,20). The van der Waals surface area contributed by atoms with Crippen LogP contribution in [0.25, 0.3) is 0 Å². The molecule has 0 heterocycles. The number of hydrogen-bond donors (Lipinski definition) is 1. The zero-order valence-corrected chi connectivity index (χ0v) is 12.5. The molecule has 2 aromatic rings. The Hall–Kier alpha value is -2.29. The molecule has 1 unspecified atom stereocenters. The molecule has 0 aliphatic carbocycles. The molecular formula is C18H20O3. The van der Waals surface area contributed by atoms with Crippen molar-refractivity contribution in [3.05, 3.63) is 65.2 Å². The van der Waals surface area contributed by atoms with Crippen LogP contribution in [0, 0.1) is 6.92 Å². The van der Waals surface area contributed by atoms with Crippen LogP contribution in [0.15, 0.2) is 48.5 Å². The minimum Gasteiger partial charge on any atom is -0.478 e. The van der Waals surface area contributed by atoms with Crippen LogP contribution >= 0.6 is 0 Å². The molecule has 1 N–H and O–H groups in total. The summed E-state index contributed by atoms with van der Waals surface area (Å²) >= 11 is 0. The second-order valence-corrected chi connectivity index (χ2v) is 5.43. The molecule has 0 aliphatic rings. The van der Waals surface area contributed by atoms with Crippen molar-refractivity contribution in [3.8, 4) is 5.75 Å². The second-order valence-electron chi connectivity index (χ2n) is 5.43. The van der Waals surface area contributed by atoms with Crippen molar-refractivity contribution < 1.29 is 14.6 Å². The van der Waals surface area contributed by atoms with Crippen LogP contribution in [-0.4, -0.2) is 11.1 Å². The molecule has 2 rings (SSSR count). The van der Waals surface area contributed by atoms with E-state index in [1.165, 1.54) is 0 Å². The predicted octanol–water partition coefficient (Wildman–Crippen LogP) is 4.32. The number of aryl methyl sites for hydroxylation is 1. The zero-order valence-electron chi connectivity index (χ0n) is 12.5. The summed E-state index contributed by atoms with van der Waals surface area (Å²) in [6.45, 7) is 6.12. The van der Waals surface area contributed by atoms with E-state index >= 15 is 0 Å². The summed E-state index contributed by atoms with van der Waals surface area (Å²) < 4.78 is 5.78. The van der Waals surface area contributed by atoms with Crippen molar-refractivity contribution in [1.29, 1.82) is 0 Å². The normalized spacial score (nSPS) is 12.2. The van der Waals surface area contributed by atoms with Crippen LogP contribution in [-0.2, 0) is 4.79 Å². The largest absolute Gasteiger partial charge is 0.478 e. The molecule has 0 spiro atoms. The topological polar surface area (TPSA) is 46.5 Å². The molecule has 0 saturated heterocycles. The lowest BCUT2D eigenvalue weighted by atomic mass is 10.0. The third-order valence-electron chi connectivity index (χ3n) is 3.45. The van der Waals surface area contributed by atoms with Crippen LogP contribution in [0.3, 0.4) is 0 Å². The third-order valence-corrected chi connectivity index (χ3v) is 3.45. The number of carboxylic acids is 1. The first-order valence-corrected chi connectivity index (χ1v) is 7.04. The summed E-state index contributed by atoms with van der Waals surface area (Å²) in [6.07, 6.45) is -0.993. The van der Waals surface area contributed by atoms with Gasteiger partial charge in [-0.3, -0.25) is 0 Å². The number of benzene rings is 2. The summed E-state index contributed by atoms with van der Waals surface area (Å²) in [5.74, 6) is 0.000886. The summed E-state index contributed by atoms with van der Waals surface area (Å²) in [5.41, 5.74) is 2.70. The Bertz CT molecular complexity index is 618. The number of hydrogen-bond acceptors (Lipinski definition) is 2. The highest BCUT2D eigenvalue weighted by Gasteiger charge is 2.22. The van der Waals surface area contributed by atoms with Gasteiger partial charge in [-0.15, -0.1) is 0 Å². The van der Waals surface area contributed by atoms with Crippen molar-refractivity contribution in [3.63, 3.8) is 0 Å². The Morgan fingerprint density at radius 1 is 1.05 bits per heavy atom. The van der Waals surface area contributed by atoms with Gasteiger partial charge in [0.2, 0.25) is 6.10 Å². The summed E-state index contributed by atoms with van der Waals surface area (Å²) in [6, 6.07) is 14.9. The maximum Gasteiger partial charge on any atom is 0.349 e. The molecule has 0 fully saturated rings. The van der Waals surface area contributed by atoms with E-state index in [9.17, 15) is 9.90 Å². The van der Waals surface area contributed by atoms with E-state index in [1.807, 2.05) is 43.3 Å². The maximum atomic E-state index is 11.5. The first-order valence-electron chi connectivity index (χ1n) is 7.04. The van der Waals surface area contributed by atoms with E-state index in [-0.39, 0.29) is 0 Å². The van der Waals surface area contributed by atoms with E-state index in [4.69, 9.17) is 4.74 Å². The van der Waals surface area contributed by atoms with Crippen LogP contribution < -0.4 is 4.74 Å². The molecular weight excluding hydrogens is 264 g/mol. The molecule has 0 bridgehead atoms. The third kappa shape index (κ3) is 3.63. The quantitative estimate of drug-likeness (QED) is 0.889. The molecule has 1 atom stereocenters. The molecule has 21 heavy (non-hydrogen) atoms. The number of carboxylic acid groups (broad SMARTS) is 1. The van der Waals surface area contributed by atoms with Gasteiger partial charge in [-0.25, -0.2) is 4.79 Å². The van der Waals surface area contributed by atoms with Gasteiger partial charge in [0.25, 0.3) is 0 Å². The lowest BCUT2D eigenvalue weighted by Gasteiger charge is -2.18. The Kier molecular flexibility index (Phi) is 4.63. The summed E-state index contributed by atoms with van der Waals surface area (Å²) in [5, 5.41) is 9.43. The van der Waals surface area contributed by atoms with Crippen LogP contribution in [0.1, 0.15) is 42.6 Å². The van der Waals surface area contributed by atoms with Crippen molar-refractivity contribution >= 4 is 5.97 Å². The van der Waals surface area contributed by atoms with E-state index in [1.54, 1.807) is 12.1 Å². The van der Waals surface area contributed by atoms with Crippen LogP contribution in [0.4, 0.5) is 0 Å². The lowest BCUT2D eigenvalue weighted by molar-refractivity contribution is -0.145. The van der Waals surface area contributed by atoms with Crippen molar-refractivity contribution in [2.45, 2.75) is 32.8 Å². The fourth-order valence-corrected chi connectivity index (χ4v) is 2.12. The number of ether oxygens (including phenoxy) is 1. The van der Waals surface area contributed by atoms with Crippen molar-refractivity contribution in [2.24, 2.45) is 0 Å². The minimum absolute atomic E-state index is 0.368. The van der Waals surface area contributed by atoms with Gasteiger partial charge < -0.3 is 9.84 Å². The first-order chi connectivity index (χ1) is 9.99. The van der Waals surface area contributed by atoms with E-state index in [0.29, 0.717) is 17.2 Å². The number of carbonyl (C=O) groups is 1. The highest BCUT2D eigenvalue weighted by molar-refractivity contribution is 5.75. The number of rotatable bonds is 5. The highest BCUT2D eigenvalue weighted by Crippen LogP contribution is 2.28. The fraction of sp³-hybridized carbons (Fsp3) is 0.278. The van der Waals surface area contributed by atoms with Crippen LogP contribution in [0.5, 0.6) is 5.75 Å². The minimum atomic E-state index is -0.993. The van der Waals surface area contributed by atoms with E-state index < -0.39 is 12.1 Å². The van der Waals surface area contributed by atoms with Gasteiger partial charge in [-0.2, -0.15) is 0 Å². The molecule has 0 amide bonds. The average molecular weight is 284 g/mol. The molecule has 0 aromatic heterocycles. The average Bonchev–Trinajstić information content (AvgIpc) is 2.46. The SMILES string of the molecule is Cc1ccc(C(C)C)cc1OC(C(=O)O)c1ccccc1. The molecule has 0 radical (unpaired) electrons. The monoisotopic (exact) mass is 284 g/mol. The Balaban J connectivity index is 2.34. The van der Waals surface area contributed by atoms with Gasteiger partial charge in [-0.1, -0.05) is 56.3 Å². The van der Waals surface area contributed by atoms with Gasteiger partial charge in [0.05, 0.1) is 0 Å². The zero-order chi connectivity index (χ0) is 15.4. The maximum absolute atomic E-state index is 11.5. The summed E-state index contributed by atoms with van der Waals surface area (Å²) in [7, 11) is 0. The summed E-state index contributed by atoms with van der Waals surface area (Å²) in [4.78, 5) is 11.5. The van der Waals surface area contributed by atoms with Gasteiger partial charge in [0, 0.05) is 5.56 Å². The smallest absolute Gasteiger partial charge is 0.349 e. The Morgan fingerprint density at radius 2 is 1.71 bits per heavy atom. The van der Waals surface area contributed by atoms with Crippen LogP contribution in [0.2, 0.25) is 0 Å². The molecule has 2 aromatic carbocycles. The highest BCUT2D eigenvalue weighted by atomic mass is 16.5. The predicted molar refractivity (Wildman–Crippen MR) is 82.7 cm³/mol. The molecule has 0 aliphatic heterocycles. The molecule has 3 heteroatoms. The van der Waals surface area contributed by atoms with Gasteiger partial charge in [-0.05, 0) is 30.0 Å². The lowest BCUT2D eigenvalue weighted by Crippen LogP contribution is -2.18. The Labute approximate surface area is 125 Å². The van der Waals surface area contributed by atoms with Gasteiger partial charge in [0.15, 0.2) is 0 Å². The molecule has 3 nitrogen and oxygen atoms in total. The molecule has 0 saturated carbocycles. The first kappa shape index (κ1) is 15.1. The van der Waals surface area contributed by atoms with E-state index in [2.05, 4.69) is 13.8 Å². The van der Waals surface area contributed by atoms with Crippen molar-refractivity contribution in [1.82, 2.24) is 0 Å². The van der Waals surface area contributed by atoms with Gasteiger partial charge >= 0.3 is 5.97 Å². The Morgan fingerprint density at radius 3 is 2.29 bits per heavy atom. The van der Waals surface area contributed by atoms with Crippen molar-refractivity contribution in [2.75, 3.05) is 0 Å².